The summed E-state index contributed by atoms with van der Waals surface area (Å²) in [5.41, 5.74) is 11.6. The van der Waals surface area contributed by atoms with Crippen molar-refractivity contribution in [2.45, 2.75) is 5.92 Å². The van der Waals surface area contributed by atoms with Crippen molar-refractivity contribution in [3.63, 3.8) is 0 Å². The second kappa shape index (κ2) is 8.82. The van der Waals surface area contributed by atoms with Gasteiger partial charge in [0, 0.05) is 17.5 Å². The summed E-state index contributed by atoms with van der Waals surface area (Å²) in [5.74, 6) is 0.0365. The maximum Gasteiger partial charge on any atom is 0.407 e. The second-order valence-corrected chi connectivity index (χ2v) is 7.82. The molecule has 3 aromatic carbocycles. The number of carbonyl (C=O) groups is 1. The smallest absolute Gasteiger partial charge is 0.407 e. The van der Waals surface area contributed by atoms with Crippen LogP contribution < -0.4 is 11.1 Å². The molecule has 152 valence electrons. The Hall–Kier alpha value is -2.95. The molecule has 0 radical (unpaired) electrons. The highest BCUT2D eigenvalue weighted by atomic mass is 35.5. The summed E-state index contributed by atoms with van der Waals surface area (Å²) in [5, 5.41) is 3.65. The molecule has 0 atom stereocenters. The zero-order chi connectivity index (χ0) is 21.1. The molecule has 0 saturated carbocycles. The molecule has 0 bridgehead atoms. The molecule has 30 heavy (non-hydrogen) atoms. The van der Waals surface area contributed by atoms with E-state index < -0.39 is 6.09 Å². The number of fused-ring (bicyclic) bond motifs is 3. The summed E-state index contributed by atoms with van der Waals surface area (Å²) in [6.45, 7) is 0.581. The van der Waals surface area contributed by atoms with Gasteiger partial charge in [0.1, 0.15) is 6.61 Å². The van der Waals surface area contributed by atoms with Gasteiger partial charge in [0.25, 0.3) is 0 Å². The summed E-state index contributed by atoms with van der Waals surface area (Å²) in [7, 11) is 0. The summed E-state index contributed by atoms with van der Waals surface area (Å²) in [6, 6.07) is 19.7. The third-order valence-electron chi connectivity index (χ3n) is 5.12. The Morgan fingerprint density at radius 3 is 2.30 bits per heavy atom. The van der Waals surface area contributed by atoms with Crippen LogP contribution in [0.5, 0.6) is 0 Å². The van der Waals surface area contributed by atoms with Crippen molar-refractivity contribution in [3.8, 4) is 11.1 Å². The Balaban J connectivity index is 1.34. The van der Waals surface area contributed by atoms with Crippen LogP contribution in [0.4, 0.5) is 10.5 Å². The number of carbonyl (C=O) groups excluding carboxylic acids is 1. The number of amides is 1. The fourth-order valence-corrected chi connectivity index (χ4v) is 4.09. The quantitative estimate of drug-likeness (QED) is 0.471. The standard InChI is InChI=1S/C24H20Cl2N2O2/c25-21-13-23(27)22(26)12-15(21)6-5-11-28-24(29)30-14-20-18-9-3-1-7-16(18)17-8-2-4-10-19(17)20/h1-10,12-13,20H,11,14,27H2,(H,28,29). The SMILES string of the molecule is Nc1cc(Cl)c(C=CCNC(=O)OCC2c3ccccc3-c3ccccc32)cc1Cl. The Morgan fingerprint density at radius 2 is 1.63 bits per heavy atom. The minimum absolute atomic E-state index is 0.0365. The van der Waals surface area contributed by atoms with E-state index in [1.807, 2.05) is 24.3 Å². The van der Waals surface area contributed by atoms with Crippen molar-refractivity contribution < 1.29 is 9.53 Å². The van der Waals surface area contributed by atoms with E-state index >= 15 is 0 Å². The van der Waals surface area contributed by atoms with Crippen LogP contribution >= 0.6 is 23.2 Å². The molecule has 0 heterocycles. The highest BCUT2D eigenvalue weighted by molar-refractivity contribution is 6.36. The number of benzene rings is 3. The normalized spacial score (nSPS) is 12.6. The number of hydrogen-bond acceptors (Lipinski definition) is 3. The first-order chi connectivity index (χ1) is 14.5. The van der Waals surface area contributed by atoms with Crippen LogP contribution in [0.2, 0.25) is 10.0 Å². The molecule has 0 spiro atoms. The van der Waals surface area contributed by atoms with Gasteiger partial charge < -0.3 is 15.8 Å². The predicted octanol–water partition coefficient (Wildman–Crippen LogP) is 6.13. The van der Waals surface area contributed by atoms with E-state index in [0.29, 0.717) is 22.3 Å². The second-order valence-electron chi connectivity index (χ2n) is 7.00. The van der Waals surface area contributed by atoms with Crippen molar-refractivity contribution in [2.24, 2.45) is 0 Å². The maximum absolute atomic E-state index is 12.2. The lowest BCUT2D eigenvalue weighted by molar-refractivity contribution is 0.144. The first-order valence-electron chi connectivity index (χ1n) is 9.54. The first kappa shape index (κ1) is 20.3. The van der Waals surface area contributed by atoms with Gasteiger partial charge in [0.05, 0.1) is 10.7 Å². The highest BCUT2D eigenvalue weighted by Crippen LogP contribution is 2.44. The van der Waals surface area contributed by atoms with Gasteiger partial charge in [-0.1, -0.05) is 83.9 Å². The lowest BCUT2D eigenvalue weighted by Crippen LogP contribution is -2.26. The first-order valence-corrected chi connectivity index (χ1v) is 10.3. The molecular formula is C24H20Cl2N2O2. The molecule has 0 saturated heterocycles. The van der Waals surface area contributed by atoms with E-state index in [2.05, 4.69) is 29.6 Å². The van der Waals surface area contributed by atoms with Crippen LogP contribution in [-0.2, 0) is 4.74 Å². The topological polar surface area (TPSA) is 64.3 Å². The number of nitrogens with two attached hydrogens (primary N) is 1. The zero-order valence-electron chi connectivity index (χ0n) is 16.1. The van der Waals surface area contributed by atoms with Gasteiger partial charge in [-0.15, -0.1) is 0 Å². The molecule has 0 fully saturated rings. The summed E-state index contributed by atoms with van der Waals surface area (Å²) in [4.78, 5) is 12.2. The molecule has 1 amide bonds. The van der Waals surface area contributed by atoms with Crippen molar-refractivity contribution in [2.75, 3.05) is 18.9 Å². The summed E-state index contributed by atoms with van der Waals surface area (Å²) in [6.07, 6.45) is 3.08. The number of hydrogen-bond donors (Lipinski definition) is 2. The van der Waals surface area contributed by atoms with E-state index in [1.54, 1.807) is 24.3 Å². The van der Waals surface area contributed by atoms with Gasteiger partial charge in [-0.2, -0.15) is 0 Å². The largest absolute Gasteiger partial charge is 0.449 e. The molecule has 0 unspecified atom stereocenters. The van der Waals surface area contributed by atoms with Gasteiger partial charge >= 0.3 is 6.09 Å². The molecule has 0 aromatic heterocycles. The number of nitrogen functional groups attached to an aromatic ring is 1. The molecule has 3 aromatic rings. The van der Waals surface area contributed by atoms with E-state index in [9.17, 15) is 4.79 Å². The van der Waals surface area contributed by atoms with Crippen molar-refractivity contribution in [1.82, 2.24) is 5.32 Å². The van der Waals surface area contributed by atoms with Crippen LogP contribution in [0.3, 0.4) is 0 Å². The lowest BCUT2D eigenvalue weighted by Gasteiger charge is -2.14. The van der Waals surface area contributed by atoms with Gasteiger partial charge in [-0.05, 0) is 39.9 Å². The summed E-state index contributed by atoms with van der Waals surface area (Å²) < 4.78 is 5.50. The molecule has 6 heteroatoms. The minimum Gasteiger partial charge on any atom is -0.449 e. The highest BCUT2D eigenvalue weighted by Gasteiger charge is 2.28. The predicted molar refractivity (Wildman–Crippen MR) is 123 cm³/mol. The zero-order valence-corrected chi connectivity index (χ0v) is 17.6. The average Bonchev–Trinajstić information content (AvgIpc) is 3.07. The van der Waals surface area contributed by atoms with Gasteiger partial charge in [-0.3, -0.25) is 0 Å². The number of halogens is 2. The van der Waals surface area contributed by atoms with Crippen LogP contribution in [-0.4, -0.2) is 19.2 Å². The van der Waals surface area contributed by atoms with Crippen molar-refractivity contribution >= 4 is 41.1 Å². The lowest BCUT2D eigenvalue weighted by atomic mass is 9.98. The van der Waals surface area contributed by atoms with Crippen LogP contribution in [0.1, 0.15) is 22.6 Å². The van der Waals surface area contributed by atoms with Gasteiger partial charge in [-0.25, -0.2) is 4.79 Å². The van der Waals surface area contributed by atoms with E-state index in [4.69, 9.17) is 33.7 Å². The third-order valence-corrected chi connectivity index (χ3v) is 5.78. The van der Waals surface area contributed by atoms with Crippen molar-refractivity contribution in [3.05, 3.63) is 93.5 Å². The molecule has 3 N–H and O–H groups in total. The summed E-state index contributed by atoms with van der Waals surface area (Å²) >= 11 is 12.2. The monoisotopic (exact) mass is 438 g/mol. The molecule has 1 aliphatic carbocycles. The number of nitrogens with one attached hydrogen (secondary N) is 1. The molecule has 4 nitrogen and oxygen atoms in total. The Morgan fingerprint density at radius 1 is 1.00 bits per heavy atom. The average molecular weight is 439 g/mol. The van der Waals surface area contributed by atoms with Gasteiger partial charge in [0.2, 0.25) is 0 Å². The Kier molecular flexibility index (Phi) is 5.98. The molecular weight excluding hydrogens is 419 g/mol. The van der Waals surface area contributed by atoms with Crippen LogP contribution in [0.15, 0.2) is 66.7 Å². The van der Waals surface area contributed by atoms with E-state index in [-0.39, 0.29) is 12.5 Å². The minimum atomic E-state index is -0.469. The van der Waals surface area contributed by atoms with Crippen LogP contribution in [0.25, 0.3) is 17.2 Å². The maximum atomic E-state index is 12.2. The van der Waals surface area contributed by atoms with E-state index in [0.717, 1.165) is 5.56 Å². The van der Waals surface area contributed by atoms with Crippen LogP contribution in [0, 0.1) is 0 Å². The number of ether oxygens (including phenoxy) is 1. The third kappa shape index (κ3) is 4.16. The Bertz CT molecular complexity index is 1080. The van der Waals surface area contributed by atoms with E-state index in [1.165, 1.54) is 22.3 Å². The fraction of sp³-hybridized carbons (Fsp3) is 0.125. The number of alkyl carbamates (subject to hydrolysis) is 1. The Labute approximate surface area is 185 Å². The fourth-order valence-electron chi connectivity index (χ4n) is 3.68. The molecule has 1 aliphatic rings. The molecule has 0 aliphatic heterocycles. The number of rotatable bonds is 5. The van der Waals surface area contributed by atoms with Crippen molar-refractivity contribution in [1.29, 1.82) is 0 Å². The molecule has 4 rings (SSSR count). The number of anilines is 1. The van der Waals surface area contributed by atoms with Gasteiger partial charge in [0.15, 0.2) is 0 Å².